The van der Waals surface area contributed by atoms with Crippen molar-refractivity contribution in [2.24, 2.45) is 0 Å². The number of benzene rings is 2. The summed E-state index contributed by atoms with van der Waals surface area (Å²) in [4.78, 5) is 26.0. The van der Waals surface area contributed by atoms with Crippen molar-refractivity contribution in [3.63, 3.8) is 0 Å². The number of rotatable bonds is 6. The number of nitrogens with zero attached hydrogens (tertiary/aromatic N) is 4. The molecular formula is C23H25N5O3. The fourth-order valence-corrected chi connectivity index (χ4v) is 3.60. The van der Waals surface area contributed by atoms with Crippen LogP contribution in [0, 0.1) is 0 Å². The lowest BCUT2D eigenvalue weighted by atomic mass is 10.1. The van der Waals surface area contributed by atoms with Gasteiger partial charge in [-0.05, 0) is 30.3 Å². The Morgan fingerprint density at radius 1 is 0.903 bits per heavy atom. The highest BCUT2D eigenvalue weighted by Crippen LogP contribution is 2.25. The van der Waals surface area contributed by atoms with E-state index in [1.54, 1.807) is 31.4 Å². The van der Waals surface area contributed by atoms with E-state index in [0.717, 1.165) is 32.0 Å². The van der Waals surface area contributed by atoms with Crippen molar-refractivity contribution in [1.29, 1.82) is 0 Å². The summed E-state index contributed by atoms with van der Waals surface area (Å²) >= 11 is 0. The van der Waals surface area contributed by atoms with Crippen molar-refractivity contribution < 1.29 is 14.3 Å². The Kier molecular flexibility index (Phi) is 6.16. The molecule has 0 bridgehead atoms. The normalized spacial score (nSPS) is 13.6. The molecule has 1 fully saturated rings. The molecule has 0 spiro atoms. The van der Waals surface area contributed by atoms with Crippen molar-refractivity contribution in [3.8, 4) is 11.5 Å². The zero-order valence-electron chi connectivity index (χ0n) is 17.6. The summed E-state index contributed by atoms with van der Waals surface area (Å²) in [5, 5.41) is 2.84. The second-order valence-electron chi connectivity index (χ2n) is 7.09. The molecule has 0 radical (unpaired) electrons. The summed E-state index contributed by atoms with van der Waals surface area (Å²) in [6.45, 7) is 3.47. The van der Waals surface area contributed by atoms with E-state index in [2.05, 4.69) is 49.4 Å². The second-order valence-corrected chi connectivity index (χ2v) is 7.09. The number of anilines is 3. The van der Waals surface area contributed by atoms with Crippen LogP contribution in [-0.4, -0.2) is 56.3 Å². The summed E-state index contributed by atoms with van der Waals surface area (Å²) in [5.41, 5.74) is 1.60. The number of carbonyl (C=O) groups is 1. The number of aromatic nitrogens is 2. The average molecular weight is 419 g/mol. The van der Waals surface area contributed by atoms with Crippen molar-refractivity contribution >= 4 is 23.2 Å². The van der Waals surface area contributed by atoms with Crippen LogP contribution < -0.4 is 24.6 Å². The number of amides is 1. The molecular weight excluding hydrogens is 394 g/mol. The van der Waals surface area contributed by atoms with Crippen molar-refractivity contribution in [3.05, 3.63) is 66.5 Å². The molecule has 2 aromatic carbocycles. The lowest BCUT2D eigenvalue weighted by molar-refractivity contribution is 0.102. The largest absolute Gasteiger partial charge is 0.497 e. The zero-order chi connectivity index (χ0) is 21.6. The minimum absolute atomic E-state index is 0.325. The van der Waals surface area contributed by atoms with Gasteiger partial charge in [0.05, 0.1) is 19.8 Å². The van der Waals surface area contributed by atoms with Crippen LogP contribution in [-0.2, 0) is 0 Å². The van der Waals surface area contributed by atoms with Crippen LogP contribution in [0.25, 0.3) is 0 Å². The maximum absolute atomic E-state index is 12.8. The van der Waals surface area contributed by atoms with Crippen LogP contribution >= 0.6 is 0 Å². The third-order valence-corrected chi connectivity index (χ3v) is 5.27. The Bertz CT molecular complexity index is 1040. The minimum atomic E-state index is -0.325. The molecule has 160 valence electrons. The molecule has 2 heterocycles. The highest BCUT2D eigenvalue weighted by atomic mass is 16.5. The van der Waals surface area contributed by atoms with E-state index in [1.807, 2.05) is 6.07 Å². The van der Waals surface area contributed by atoms with Gasteiger partial charge in [0, 0.05) is 37.9 Å². The lowest BCUT2D eigenvalue weighted by Gasteiger charge is -2.36. The number of carbonyl (C=O) groups excluding carboxylic acids is 1. The first kappa shape index (κ1) is 20.5. The quantitative estimate of drug-likeness (QED) is 0.658. The SMILES string of the molecule is COc1ccc(OC)c(C(=O)Nc2cc(N3CCN(c4ccccc4)CC3)ncn2)c1. The molecule has 1 aromatic heterocycles. The van der Waals surface area contributed by atoms with E-state index in [0.29, 0.717) is 22.9 Å². The van der Waals surface area contributed by atoms with Gasteiger partial charge in [-0.15, -0.1) is 0 Å². The summed E-state index contributed by atoms with van der Waals surface area (Å²) in [7, 11) is 3.08. The maximum atomic E-state index is 12.8. The Morgan fingerprint density at radius 3 is 2.35 bits per heavy atom. The number of hydrogen-bond donors (Lipinski definition) is 1. The fourth-order valence-electron chi connectivity index (χ4n) is 3.60. The lowest BCUT2D eigenvalue weighted by Crippen LogP contribution is -2.46. The van der Waals surface area contributed by atoms with Crippen molar-refractivity contribution in [2.45, 2.75) is 0 Å². The molecule has 1 aliphatic heterocycles. The Morgan fingerprint density at radius 2 is 1.65 bits per heavy atom. The van der Waals surface area contributed by atoms with Gasteiger partial charge in [-0.3, -0.25) is 4.79 Å². The summed E-state index contributed by atoms with van der Waals surface area (Å²) in [6, 6.07) is 17.3. The fraction of sp³-hybridized carbons (Fsp3) is 0.261. The van der Waals surface area contributed by atoms with Gasteiger partial charge in [-0.1, -0.05) is 18.2 Å². The topological polar surface area (TPSA) is 79.8 Å². The highest BCUT2D eigenvalue weighted by molar-refractivity contribution is 6.06. The molecule has 8 heteroatoms. The van der Waals surface area contributed by atoms with Gasteiger partial charge in [0.25, 0.3) is 5.91 Å². The molecule has 0 atom stereocenters. The van der Waals surface area contributed by atoms with E-state index >= 15 is 0 Å². The van der Waals surface area contributed by atoms with Gasteiger partial charge in [-0.2, -0.15) is 0 Å². The molecule has 3 aromatic rings. The van der Waals surface area contributed by atoms with E-state index in [4.69, 9.17) is 9.47 Å². The smallest absolute Gasteiger partial charge is 0.260 e. The Balaban J connectivity index is 1.44. The molecule has 4 rings (SSSR count). The number of para-hydroxylation sites is 1. The molecule has 1 N–H and O–H groups in total. The molecule has 0 unspecified atom stereocenters. The van der Waals surface area contributed by atoms with Gasteiger partial charge < -0.3 is 24.6 Å². The van der Waals surface area contributed by atoms with E-state index in [9.17, 15) is 4.79 Å². The third kappa shape index (κ3) is 4.69. The number of ether oxygens (including phenoxy) is 2. The molecule has 8 nitrogen and oxygen atoms in total. The van der Waals surface area contributed by atoms with Gasteiger partial charge in [-0.25, -0.2) is 9.97 Å². The number of nitrogens with one attached hydrogen (secondary N) is 1. The highest BCUT2D eigenvalue weighted by Gasteiger charge is 2.20. The standard InChI is InChI=1S/C23H25N5O3/c1-30-18-8-9-20(31-2)19(14-18)23(29)26-21-15-22(25-16-24-21)28-12-10-27(11-13-28)17-6-4-3-5-7-17/h3-9,14-16H,10-13H2,1-2H3,(H,24,25,26,29). The first-order valence-corrected chi connectivity index (χ1v) is 10.1. The first-order valence-electron chi connectivity index (χ1n) is 10.1. The Hall–Kier alpha value is -3.81. The minimum Gasteiger partial charge on any atom is -0.497 e. The van der Waals surface area contributed by atoms with Gasteiger partial charge in [0.1, 0.15) is 29.5 Å². The maximum Gasteiger partial charge on any atom is 0.260 e. The van der Waals surface area contributed by atoms with Crippen LogP contribution in [0.4, 0.5) is 17.3 Å². The average Bonchev–Trinajstić information content (AvgIpc) is 2.84. The number of piperazine rings is 1. The number of hydrogen-bond acceptors (Lipinski definition) is 7. The van der Waals surface area contributed by atoms with Crippen LogP contribution in [0.3, 0.4) is 0 Å². The summed E-state index contributed by atoms with van der Waals surface area (Å²) in [6.07, 6.45) is 1.47. The predicted molar refractivity (Wildman–Crippen MR) is 120 cm³/mol. The molecule has 1 aliphatic rings. The zero-order valence-corrected chi connectivity index (χ0v) is 17.6. The molecule has 0 aliphatic carbocycles. The summed E-state index contributed by atoms with van der Waals surface area (Å²) in [5.74, 6) is 1.94. The molecule has 0 saturated carbocycles. The first-order chi connectivity index (χ1) is 15.2. The molecule has 31 heavy (non-hydrogen) atoms. The number of methoxy groups -OCH3 is 2. The van der Waals surface area contributed by atoms with Gasteiger partial charge in [0.15, 0.2) is 0 Å². The van der Waals surface area contributed by atoms with E-state index in [-0.39, 0.29) is 5.91 Å². The van der Waals surface area contributed by atoms with Gasteiger partial charge in [0.2, 0.25) is 0 Å². The van der Waals surface area contributed by atoms with Crippen LogP contribution in [0.15, 0.2) is 60.9 Å². The van der Waals surface area contributed by atoms with Crippen LogP contribution in [0.2, 0.25) is 0 Å². The van der Waals surface area contributed by atoms with Crippen LogP contribution in [0.1, 0.15) is 10.4 Å². The molecule has 1 saturated heterocycles. The second kappa shape index (κ2) is 9.34. The van der Waals surface area contributed by atoms with Crippen molar-refractivity contribution in [2.75, 3.05) is 55.5 Å². The monoisotopic (exact) mass is 419 g/mol. The summed E-state index contributed by atoms with van der Waals surface area (Å²) < 4.78 is 10.5. The van der Waals surface area contributed by atoms with Crippen molar-refractivity contribution in [1.82, 2.24) is 9.97 Å². The molecule has 1 amide bonds. The van der Waals surface area contributed by atoms with E-state index < -0.39 is 0 Å². The third-order valence-electron chi connectivity index (χ3n) is 5.27. The van der Waals surface area contributed by atoms with Crippen LogP contribution in [0.5, 0.6) is 11.5 Å². The van der Waals surface area contributed by atoms with Gasteiger partial charge >= 0.3 is 0 Å². The predicted octanol–water partition coefficient (Wildman–Crippen LogP) is 3.07. The Labute approximate surface area is 181 Å². The van der Waals surface area contributed by atoms with E-state index in [1.165, 1.54) is 19.1 Å².